The van der Waals surface area contributed by atoms with Crippen molar-refractivity contribution in [2.24, 2.45) is 0 Å². The smallest absolute Gasteiger partial charge is 0.450 e. The second kappa shape index (κ2) is 3.23. The van der Waals surface area contributed by atoms with Crippen molar-refractivity contribution in [3.63, 3.8) is 0 Å². The number of carboxylic acid groups (broad SMARTS) is 1. The van der Waals surface area contributed by atoms with Crippen LogP contribution >= 0.6 is 0 Å². The van der Waals surface area contributed by atoms with E-state index in [0.29, 0.717) is 12.8 Å². The summed E-state index contributed by atoms with van der Waals surface area (Å²) < 4.78 is 4.28. The Labute approximate surface area is 63.3 Å². The van der Waals surface area contributed by atoms with Crippen molar-refractivity contribution in [3.05, 3.63) is 0 Å². The molecule has 0 aliphatic carbocycles. The van der Waals surface area contributed by atoms with E-state index in [9.17, 15) is 9.59 Å². The molecule has 1 saturated heterocycles. The van der Waals surface area contributed by atoms with Crippen LogP contribution < -0.4 is 5.32 Å². The molecule has 0 aromatic carbocycles. The minimum Gasteiger partial charge on any atom is -0.450 e. The van der Waals surface area contributed by atoms with Crippen molar-refractivity contribution >= 4 is 12.1 Å². The van der Waals surface area contributed by atoms with Crippen molar-refractivity contribution in [3.8, 4) is 0 Å². The number of rotatable bonds is 2. The number of carbonyl (C=O) groups is 2. The second-order valence-corrected chi connectivity index (χ2v) is 2.38. The van der Waals surface area contributed by atoms with Crippen molar-refractivity contribution in [1.29, 1.82) is 0 Å². The van der Waals surface area contributed by atoms with Gasteiger partial charge >= 0.3 is 6.16 Å². The summed E-state index contributed by atoms with van der Waals surface area (Å²) in [5, 5.41) is 10.7. The number of ether oxygens (including phenoxy) is 1. The molecule has 1 amide bonds. The van der Waals surface area contributed by atoms with Gasteiger partial charge in [0.25, 0.3) is 0 Å². The largest absolute Gasteiger partial charge is 0.505 e. The average molecular weight is 159 g/mol. The van der Waals surface area contributed by atoms with E-state index < -0.39 is 6.16 Å². The molecule has 1 heterocycles. The van der Waals surface area contributed by atoms with Gasteiger partial charge in [0, 0.05) is 6.42 Å². The predicted molar refractivity (Wildman–Crippen MR) is 35.1 cm³/mol. The zero-order valence-corrected chi connectivity index (χ0v) is 5.87. The first-order valence-electron chi connectivity index (χ1n) is 3.33. The lowest BCUT2D eigenvalue weighted by atomic mass is 10.2. The van der Waals surface area contributed by atoms with Crippen LogP contribution in [-0.2, 0) is 9.53 Å². The van der Waals surface area contributed by atoms with Crippen LogP contribution in [0.25, 0.3) is 0 Å². The maximum atomic E-state index is 10.6. The number of hydrogen-bond donors (Lipinski definition) is 2. The molecule has 1 atom stereocenters. The Hall–Kier alpha value is -1.26. The molecule has 1 fully saturated rings. The van der Waals surface area contributed by atoms with E-state index in [1.54, 1.807) is 0 Å². The van der Waals surface area contributed by atoms with Gasteiger partial charge in [-0.1, -0.05) is 0 Å². The molecule has 0 spiro atoms. The number of hydrogen-bond acceptors (Lipinski definition) is 3. The highest BCUT2D eigenvalue weighted by Crippen LogP contribution is 2.06. The van der Waals surface area contributed by atoms with Crippen molar-refractivity contribution in [2.45, 2.75) is 18.9 Å². The lowest BCUT2D eigenvalue weighted by Crippen LogP contribution is -2.30. The fourth-order valence-electron chi connectivity index (χ4n) is 0.974. The maximum Gasteiger partial charge on any atom is 0.505 e. The molecule has 0 radical (unpaired) electrons. The highest BCUT2D eigenvalue weighted by Gasteiger charge is 2.21. The molecule has 62 valence electrons. The minimum absolute atomic E-state index is 0.0380. The number of amides is 1. The topological polar surface area (TPSA) is 75.6 Å². The first-order chi connectivity index (χ1) is 5.18. The van der Waals surface area contributed by atoms with Crippen LogP contribution in [0.4, 0.5) is 4.79 Å². The normalized spacial score (nSPS) is 22.9. The highest BCUT2D eigenvalue weighted by atomic mass is 16.7. The summed E-state index contributed by atoms with van der Waals surface area (Å²) in [4.78, 5) is 20.5. The van der Waals surface area contributed by atoms with Gasteiger partial charge in [0.2, 0.25) is 5.91 Å². The van der Waals surface area contributed by atoms with Crippen LogP contribution in [0.3, 0.4) is 0 Å². The molecule has 11 heavy (non-hydrogen) atoms. The molecule has 0 bridgehead atoms. The zero-order chi connectivity index (χ0) is 8.27. The Kier molecular flexibility index (Phi) is 2.30. The SMILES string of the molecule is O=C1CCC(COC(=O)O)N1. The Bertz CT molecular complexity index is 179. The number of carbonyl (C=O) groups excluding carboxylic acids is 1. The molecular formula is C6H9NO4. The van der Waals surface area contributed by atoms with Crippen molar-refractivity contribution < 1.29 is 19.4 Å². The molecule has 1 aliphatic heterocycles. The Morgan fingerprint density at radius 2 is 2.55 bits per heavy atom. The van der Waals surface area contributed by atoms with Crippen LogP contribution in [-0.4, -0.2) is 29.8 Å². The average Bonchev–Trinajstić information content (AvgIpc) is 2.31. The van der Waals surface area contributed by atoms with E-state index in [4.69, 9.17) is 5.11 Å². The molecule has 1 aliphatic rings. The van der Waals surface area contributed by atoms with Gasteiger partial charge < -0.3 is 15.2 Å². The summed E-state index contributed by atoms with van der Waals surface area (Å²) in [6.07, 6.45) is -0.175. The quantitative estimate of drug-likeness (QED) is 0.554. The molecule has 0 aromatic heterocycles. The van der Waals surface area contributed by atoms with E-state index in [1.165, 1.54) is 0 Å². The molecule has 2 N–H and O–H groups in total. The molecule has 0 saturated carbocycles. The summed E-state index contributed by atoms with van der Waals surface area (Å²) >= 11 is 0. The van der Waals surface area contributed by atoms with Gasteiger partial charge in [0.15, 0.2) is 0 Å². The van der Waals surface area contributed by atoms with Gasteiger partial charge in [-0.15, -0.1) is 0 Å². The van der Waals surface area contributed by atoms with E-state index in [1.807, 2.05) is 0 Å². The summed E-state index contributed by atoms with van der Waals surface area (Å²) in [5.74, 6) is -0.0380. The van der Waals surface area contributed by atoms with Gasteiger partial charge in [0.05, 0.1) is 6.04 Å². The Balaban J connectivity index is 2.18. The Morgan fingerprint density at radius 3 is 3.00 bits per heavy atom. The van der Waals surface area contributed by atoms with Gasteiger partial charge in [-0.05, 0) is 6.42 Å². The predicted octanol–water partition coefficient (Wildman–Crippen LogP) is -0.0404. The zero-order valence-electron chi connectivity index (χ0n) is 5.87. The molecule has 1 rings (SSSR count). The van der Waals surface area contributed by atoms with Crippen LogP contribution in [0.15, 0.2) is 0 Å². The summed E-state index contributed by atoms with van der Waals surface area (Å²) in [6.45, 7) is 0.0566. The standard InChI is InChI=1S/C6H9NO4/c8-5-2-1-4(7-5)3-11-6(9)10/h4H,1-3H2,(H,7,8)(H,9,10). The first kappa shape index (κ1) is 7.84. The van der Waals surface area contributed by atoms with Crippen LogP contribution in [0.2, 0.25) is 0 Å². The van der Waals surface area contributed by atoms with E-state index in [-0.39, 0.29) is 18.6 Å². The third-order valence-electron chi connectivity index (χ3n) is 1.49. The minimum atomic E-state index is -1.30. The van der Waals surface area contributed by atoms with Gasteiger partial charge in [0.1, 0.15) is 6.61 Å². The van der Waals surface area contributed by atoms with E-state index >= 15 is 0 Å². The fraction of sp³-hybridized carbons (Fsp3) is 0.667. The van der Waals surface area contributed by atoms with E-state index in [0.717, 1.165) is 0 Å². The molecule has 0 aromatic rings. The Morgan fingerprint density at radius 1 is 1.82 bits per heavy atom. The lowest BCUT2D eigenvalue weighted by molar-refractivity contribution is -0.119. The van der Waals surface area contributed by atoms with Crippen molar-refractivity contribution in [1.82, 2.24) is 5.32 Å². The third-order valence-corrected chi connectivity index (χ3v) is 1.49. The van der Waals surface area contributed by atoms with Gasteiger partial charge in [-0.3, -0.25) is 4.79 Å². The second-order valence-electron chi connectivity index (χ2n) is 2.38. The summed E-state index contributed by atoms with van der Waals surface area (Å²) in [7, 11) is 0. The van der Waals surface area contributed by atoms with Crippen LogP contribution in [0, 0.1) is 0 Å². The summed E-state index contributed by atoms with van der Waals surface area (Å²) in [6, 6.07) is -0.126. The monoisotopic (exact) mass is 159 g/mol. The van der Waals surface area contributed by atoms with Crippen molar-refractivity contribution in [2.75, 3.05) is 6.61 Å². The molecule has 1 unspecified atom stereocenters. The van der Waals surface area contributed by atoms with Gasteiger partial charge in [-0.25, -0.2) is 4.79 Å². The molecule has 5 nitrogen and oxygen atoms in total. The fourth-order valence-corrected chi connectivity index (χ4v) is 0.974. The van der Waals surface area contributed by atoms with E-state index in [2.05, 4.69) is 10.1 Å². The first-order valence-corrected chi connectivity index (χ1v) is 3.33. The highest BCUT2D eigenvalue weighted by molar-refractivity contribution is 5.78. The third kappa shape index (κ3) is 2.45. The molecule has 5 heteroatoms. The van der Waals surface area contributed by atoms with Gasteiger partial charge in [-0.2, -0.15) is 0 Å². The van der Waals surface area contributed by atoms with Crippen LogP contribution in [0.5, 0.6) is 0 Å². The maximum absolute atomic E-state index is 10.6. The number of nitrogens with one attached hydrogen (secondary N) is 1. The van der Waals surface area contributed by atoms with Crippen LogP contribution in [0.1, 0.15) is 12.8 Å². The summed E-state index contributed by atoms with van der Waals surface area (Å²) in [5.41, 5.74) is 0. The lowest BCUT2D eigenvalue weighted by Gasteiger charge is -2.07. The molecular weight excluding hydrogens is 150 g/mol.